The molecule has 1 atom stereocenters. The number of carbonyl (C=O) groups is 2. The van der Waals surface area contributed by atoms with Gasteiger partial charge < -0.3 is 9.73 Å². The molecule has 0 radical (unpaired) electrons. The molecule has 2 heterocycles. The van der Waals surface area contributed by atoms with Crippen LogP contribution in [0.15, 0.2) is 51.0 Å². The summed E-state index contributed by atoms with van der Waals surface area (Å²) >= 11 is 1.28. The van der Waals surface area contributed by atoms with E-state index in [1.54, 1.807) is 19.2 Å². The lowest BCUT2D eigenvalue weighted by Gasteiger charge is -2.13. The van der Waals surface area contributed by atoms with Crippen molar-refractivity contribution in [3.63, 3.8) is 0 Å². The second-order valence-electron chi connectivity index (χ2n) is 6.25. The predicted octanol–water partition coefficient (Wildman–Crippen LogP) is 3.08. The molecule has 0 aliphatic rings. The van der Waals surface area contributed by atoms with Gasteiger partial charge in [-0.05, 0) is 24.8 Å². The van der Waals surface area contributed by atoms with E-state index < -0.39 is 33.9 Å². The number of nitrogens with one attached hydrogen (secondary N) is 1. The molecule has 1 N–H and O–H groups in total. The van der Waals surface area contributed by atoms with Gasteiger partial charge in [0, 0.05) is 17.7 Å². The van der Waals surface area contributed by atoms with E-state index in [-0.39, 0.29) is 17.1 Å². The van der Waals surface area contributed by atoms with E-state index in [0.717, 1.165) is 11.6 Å². The van der Waals surface area contributed by atoms with E-state index in [0.29, 0.717) is 10.2 Å². The Kier molecular flexibility index (Phi) is 5.37. The number of carbonyl (C=O) groups excluding carboxylic acids is 2. The average Bonchev–Trinajstić information content (AvgIpc) is 3.08. The summed E-state index contributed by atoms with van der Waals surface area (Å²) in [5.41, 5.74) is -0.524. The van der Waals surface area contributed by atoms with Crippen LogP contribution in [0.25, 0.3) is 10.2 Å². The zero-order chi connectivity index (χ0) is 21.3. The average molecular weight is 413 g/mol. The molecule has 148 valence electrons. The summed E-state index contributed by atoms with van der Waals surface area (Å²) in [6.07, 6.45) is 0. The Morgan fingerprint density at radius 1 is 1.38 bits per heavy atom. The third-order valence-corrected chi connectivity index (χ3v) is 5.14. The summed E-state index contributed by atoms with van der Waals surface area (Å²) in [7, 11) is 0. The maximum Gasteiger partial charge on any atom is 0.348 e. The smallest absolute Gasteiger partial charge is 0.348 e. The first kappa shape index (κ1) is 20.1. The van der Waals surface area contributed by atoms with Crippen molar-refractivity contribution >= 4 is 38.9 Å². The third-order valence-electron chi connectivity index (χ3n) is 4.15. The minimum atomic E-state index is -0.809. The normalized spacial score (nSPS) is 11.8. The quantitative estimate of drug-likeness (QED) is 0.164. The van der Waals surface area contributed by atoms with E-state index in [1.807, 2.05) is 0 Å². The predicted molar refractivity (Wildman–Crippen MR) is 106 cm³/mol. The number of benzene rings is 1. The molecule has 1 aromatic carbocycles. The van der Waals surface area contributed by atoms with Gasteiger partial charge in [0.05, 0.1) is 15.9 Å². The second kappa shape index (κ2) is 7.76. The van der Waals surface area contributed by atoms with Gasteiger partial charge >= 0.3 is 5.63 Å². The van der Waals surface area contributed by atoms with Crippen molar-refractivity contribution in [2.45, 2.75) is 19.9 Å². The summed E-state index contributed by atoms with van der Waals surface area (Å²) < 4.78 is 5.20. The molecular formula is C19H15N3O6S. The molecule has 9 nitrogen and oxygen atoms in total. The van der Waals surface area contributed by atoms with E-state index in [1.165, 1.54) is 29.5 Å². The molecule has 0 aliphatic heterocycles. The van der Waals surface area contributed by atoms with Gasteiger partial charge in [0.1, 0.15) is 10.9 Å². The van der Waals surface area contributed by atoms with E-state index >= 15 is 0 Å². The molecule has 3 rings (SSSR count). The van der Waals surface area contributed by atoms with Crippen LogP contribution in [0.1, 0.15) is 34.8 Å². The minimum absolute atomic E-state index is 0.00621. The first-order valence-electron chi connectivity index (χ1n) is 8.36. The molecule has 1 unspecified atom stereocenters. The van der Waals surface area contributed by atoms with Crippen molar-refractivity contribution in [3.8, 4) is 0 Å². The molecule has 10 heteroatoms. The number of hydrogen-bond donors (Lipinski definition) is 1. The number of nitro groups is 1. The topological polar surface area (TPSA) is 132 Å². The van der Waals surface area contributed by atoms with Crippen molar-refractivity contribution in [2.75, 3.05) is 0 Å². The highest BCUT2D eigenvalue weighted by molar-refractivity contribution is 7.16. The molecule has 0 fully saturated rings. The summed E-state index contributed by atoms with van der Waals surface area (Å²) in [6, 6.07) is 4.19. The van der Waals surface area contributed by atoms with E-state index in [9.17, 15) is 24.5 Å². The van der Waals surface area contributed by atoms with Gasteiger partial charge in [-0.1, -0.05) is 18.7 Å². The number of Topliss-reactive ketones (excluding diaryl/α,β-unsaturated/α-hetero) is 1. The summed E-state index contributed by atoms with van der Waals surface area (Å²) in [4.78, 5) is 51.9. The number of rotatable bonds is 6. The van der Waals surface area contributed by atoms with Crippen molar-refractivity contribution in [3.05, 3.63) is 79.3 Å². The molecule has 1 amide bonds. The van der Waals surface area contributed by atoms with E-state index in [4.69, 9.17) is 4.42 Å². The zero-order valence-electron chi connectivity index (χ0n) is 15.4. The fourth-order valence-electron chi connectivity index (χ4n) is 2.60. The molecule has 0 spiro atoms. The SMILES string of the molecule is C=C(C(=O)NC(C)c1nc2scc(C)c2c(=O)o1)C(=O)c1cccc([N+](=O)[O-])c1. The maximum atomic E-state index is 12.4. The Hall–Kier alpha value is -3.66. The molecule has 0 saturated carbocycles. The van der Waals surface area contributed by atoms with Crippen LogP contribution < -0.4 is 10.9 Å². The van der Waals surface area contributed by atoms with Crippen molar-refractivity contribution in [1.82, 2.24) is 10.3 Å². The lowest BCUT2D eigenvalue weighted by molar-refractivity contribution is -0.384. The van der Waals surface area contributed by atoms with Crippen LogP contribution in [0, 0.1) is 17.0 Å². The number of nitrogens with zero attached hydrogens (tertiary/aromatic N) is 2. The van der Waals surface area contributed by atoms with Gasteiger partial charge in [-0.3, -0.25) is 19.7 Å². The van der Waals surface area contributed by atoms with Crippen LogP contribution in [0.2, 0.25) is 0 Å². The number of aryl methyl sites for hydroxylation is 1. The standard InChI is InChI=1S/C19H15N3O6S/c1-9-8-29-18-14(9)19(25)28-17(21-18)11(3)20-16(24)10(2)15(23)12-5-4-6-13(7-12)22(26)27/h4-8,11H,2H2,1,3H3,(H,20,24). The molecule has 0 saturated heterocycles. The molecule has 29 heavy (non-hydrogen) atoms. The molecule has 0 aliphatic carbocycles. The first-order chi connectivity index (χ1) is 13.7. The van der Waals surface area contributed by atoms with Crippen molar-refractivity contribution in [2.24, 2.45) is 0 Å². The number of ketones is 1. The van der Waals surface area contributed by atoms with Crippen LogP contribution >= 0.6 is 11.3 Å². The highest BCUT2D eigenvalue weighted by Crippen LogP contribution is 2.22. The molecule has 3 aromatic rings. The van der Waals surface area contributed by atoms with Crippen LogP contribution in [-0.4, -0.2) is 21.6 Å². The lowest BCUT2D eigenvalue weighted by atomic mass is 10.0. The maximum absolute atomic E-state index is 12.4. The van der Waals surface area contributed by atoms with Gasteiger partial charge in [0.25, 0.3) is 11.6 Å². The largest absolute Gasteiger partial charge is 0.406 e. The van der Waals surface area contributed by atoms with Gasteiger partial charge in [0.2, 0.25) is 5.89 Å². The highest BCUT2D eigenvalue weighted by atomic mass is 32.1. The third kappa shape index (κ3) is 3.97. The zero-order valence-corrected chi connectivity index (χ0v) is 16.2. The summed E-state index contributed by atoms with van der Waals surface area (Å²) in [6.45, 7) is 6.79. The molecular weight excluding hydrogens is 398 g/mol. The Labute approximate surface area is 167 Å². The number of fused-ring (bicyclic) bond motifs is 1. The Morgan fingerprint density at radius 3 is 2.79 bits per heavy atom. The van der Waals surface area contributed by atoms with Crippen molar-refractivity contribution in [1.29, 1.82) is 0 Å². The number of non-ortho nitro benzene ring substituents is 1. The number of aromatic nitrogens is 1. The number of hydrogen-bond acceptors (Lipinski definition) is 8. The number of nitro benzene ring substituents is 1. The van der Waals surface area contributed by atoms with Crippen LogP contribution in [0.5, 0.6) is 0 Å². The fourth-order valence-corrected chi connectivity index (χ4v) is 3.51. The lowest BCUT2D eigenvalue weighted by Crippen LogP contribution is -2.31. The Bertz CT molecular complexity index is 1230. The Morgan fingerprint density at radius 2 is 2.10 bits per heavy atom. The second-order valence-corrected chi connectivity index (χ2v) is 7.11. The van der Waals surface area contributed by atoms with Gasteiger partial charge in [-0.15, -0.1) is 11.3 Å². The summed E-state index contributed by atoms with van der Waals surface area (Å²) in [5.74, 6) is -1.56. The monoisotopic (exact) mass is 413 g/mol. The molecule has 2 aromatic heterocycles. The highest BCUT2D eigenvalue weighted by Gasteiger charge is 2.23. The van der Waals surface area contributed by atoms with E-state index in [2.05, 4.69) is 16.9 Å². The Balaban J connectivity index is 1.78. The van der Waals surface area contributed by atoms with Crippen LogP contribution in [0.4, 0.5) is 5.69 Å². The summed E-state index contributed by atoms with van der Waals surface area (Å²) in [5, 5.41) is 15.5. The van der Waals surface area contributed by atoms with Gasteiger partial charge in [0.15, 0.2) is 5.78 Å². The first-order valence-corrected chi connectivity index (χ1v) is 9.24. The van der Waals surface area contributed by atoms with Crippen molar-refractivity contribution < 1.29 is 18.9 Å². The molecule has 0 bridgehead atoms. The van der Waals surface area contributed by atoms with Crippen LogP contribution in [0.3, 0.4) is 0 Å². The van der Waals surface area contributed by atoms with Crippen LogP contribution in [-0.2, 0) is 4.79 Å². The van der Waals surface area contributed by atoms with Gasteiger partial charge in [-0.25, -0.2) is 9.78 Å². The number of amides is 1. The number of thiophene rings is 1. The minimum Gasteiger partial charge on any atom is -0.406 e. The van der Waals surface area contributed by atoms with Gasteiger partial charge in [-0.2, -0.15) is 0 Å². The fraction of sp³-hybridized carbons (Fsp3) is 0.158.